The van der Waals surface area contributed by atoms with Gasteiger partial charge in [0.15, 0.2) is 11.5 Å². The van der Waals surface area contributed by atoms with E-state index in [-0.39, 0.29) is 6.79 Å². The van der Waals surface area contributed by atoms with E-state index < -0.39 is 0 Å². The third-order valence-electron chi connectivity index (χ3n) is 5.22. The number of ether oxygens (including phenoxy) is 3. The Balaban J connectivity index is 1.60. The van der Waals surface area contributed by atoms with E-state index in [1.807, 2.05) is 37.5 Å². The van der Waals surface area contributed by atoms with Crippen LogP contribution < -0.4 is 14.2 Å². The maximum atomic E-state index is 5.92. The van der Waals surface area contributed by atoms with E-state index in [4.69, 9.17) is 14.2 Å². The summed E-state index contributed by atoms with van der Waals surface area (Å²) in [5.41, 5.74) is 4.92. The third kappa shape index (κ3) is 4.92. The lowest BCUT2D eigenvalue weighted by molar-refractivity contribution is 0.173. The number of hydrogen-bond acceptors (Lipinski definition) is 5. The Morgan fingerprint density at radius 1 is 0.900 bits per heavy atom. The van der Waals surface area contributed by atoms with Crippen LogP contribution in [-0.2, 0) is 26.1 Å². The molecule has 0 radical (unpaired) electrons. The molecule has 0 aliphatic carbocycles. The van der Waals surface area contributed by atoms with Gasteiger partial charge in [-0.2, -0.15) is 0 Å². The van der Waals surface area contributed by atoms with Crippen LogP contribution in [-0.4, -0.2) is 23.3 Å². The number of benzene rings is 2. The van der Waals surface area contributed by atoms with Crippen molar-refractivity contribution in [2.75, 3.05) is 13.4 Å². The summed E-state index contributed by atoms with van der Waals surface area (Å²) in [6.45, 7) is 7.40. The number of fused-ring (bicyclic) bond motifs is 1. The first-order valence-electron chi connectivity index (χ1n) is 10.5. The fourth-order valence-electron chi connectivity index (χ4n) is 3.68. The van der Waals surface area contributed by atoms with Gasteiger partial charge in [-0.25, -0.2) is 0 Å². The van der Waals surface area contributed by atoms with Gasteiger partial charge in [0, 0.05) is 43.7 Å². The Hall–Kier alpha value is -3.05. The molecule has 0 N–H and O–H groups in total. The van der Waals surface area contributed by atoms with Crippen LogP contribution in [0.25, 0.3) is 0 Å². The molecule has 0 atom stereocenters. The largest absolute Gasteiger partial charge is 0.493 e. The normalized spacial score (nSPS) is 12.4. The summed E-state index contributed by atoms with van der Waals surface area (Å²) in [6, 6.07) is 17.0. The van der Waals surface area contributed by atoms with E-state index in [0.29, 0.717) is 6.61 Å². The van der Waals surface area contributed by atoms with Gasteiger partial charge in [0.25, 0.3) is 0 Å². The molecule has 0 spiro atoms. The van der Waals surface area contributed by atoms with Gasteiger partial charge in [-0.15, -0.1) is 0 Å². The highest BCUT2D eigenvalue weighted by molar-refractivity contribution is 5.52. The predicted octanol–water partition coefficient (Wildman–Crippen LogP) is 4.97. The van der Waals surface area contributed by atoms with Gasteiger partial charge in [-0.05, 0) is 42.2 Å². The number of hydrogen-bond donors (Lipinski definition) is 0. The molecule has 5 heteroatoms. The molecule has 0 bridgehead atoms. The molecule has 0 fully saturated rings. The molecule has 0 saturated carbocycles. The summed E-state index contributed by atoms with van der Waals surface area (Å²) < 4.78 is 17.1. The maximum absolute atomic E-state index is 5.92. The molecule has 30 heavy (non-hydrogen) atoms. The fraction of sp³-hybridized carbons (Fsp3) is 0.320. The quantitative estimate of drug-likeness (QED) is 0.504. The second-order valence-corrected chi connectivity index (χ2v) is 7.42. The molecular formula is C25H28N2O3. The summed E-state index contributed by atoms with van der Waals surface area (Å²) in [7, 11) is 0. The fourth-order valence-corrected chi connectivity index (χ4v) is 3.68. The Kier molecular flexibility index (Phi) is 6.50. The van der Waals surface area contributed by atoms with Gasteiger partial charge < -0.3 is 14.2 Å². The number of aromatic nitrogens is 1. The predicted molar refractivity (Wildman–Crippen MR) is 117 cm³/mol. The summed E-state index contributed by atoms with van der Waals surface area (Å²) in [5, 5.41) is 0. The van der Waals surface area contributed by atoms with E-state index in [1.165, 1.54) is 16.7 Å². The average molecular weight is 405 g/mol. The zero-order valence-electron chi connectivity index (χ0n) is 17.6. The summed E-state index contributed by atoms with van der Waals surface area (Å²) >= 11 is 0. The van der Waals surface area contributed by atoms with E-state index >= 15 is 0 Å². The molecule has 156 valence electrons. The molecule has 2 heterocycles. The van der Waals surface area contributed by atoms with Crippen LogP contribution in [0.4, 0.5) is 0 Å². The first-order chi connectivity index (χ1) is 14.7. The molecule has 1 aliphatic rings. The highest BCUT2D eigenvalue weighted by Gasteiger charge is 2.20. The monoisotopic (exact) mass is 404 g/mol. The minimum atomic E-state index is 0.257. The van der Waals surface area contributed by atoms with E-state index in [9.17, 15) is 0 Å². The lowest BCUT2D eigenvalue weighted by Crippen LogP contribution is -2.23. The Morgan fingerprint density at radius 3 is 2.33 bits per heavy atom. The smallest absolute Gasteiger partial charge is 0.231 e. The summed E-state index contributed by atoms with van der Waals surface area (Å²) in [4.78, 5) is 6.68. The third-order valence-corrected chi connectivity index (χ3v) is 5.22. The molecule has 2 aromatic carbocycles. The van der Waals surface area contributed by atoms with Crippen molar-refractivity contribution in [3.63, 3.8) is 0 Å². The van der Waals surface area contributed by atoms with Gasteiger partial charge >= 0.3 is 0 Å². The van der Waals surface area contributed by atoms with Gasteiger partial charge in [0.1, 0.15) is 5.75 Å². The molecule has 1 aliphatic heterocycles. The second kappa shape index (κ2) is 9.63. The van der Waals surface area contributed by atoms with E-state index in [0.717, 1.165) is 48.9 Å². The Labute approximate surface area is 178 Å². The van der Waals surface area contributed by atoms with Crippen molar-refractivity contribution in [2.24, 2.45) is 0 Å². The van der Waals surface area contributed by atoms with Gasteiger partial charge in [-0.1, -0.05) is 37.3 Å². The zero-order valence-corrected chi connectivity index (χ0v) is 17.6. The lowest BCUT2D eigenvalue weighted by atomic mass is 10.1. The molecular weight excluding hydrogens is 376 g/mol. The molecule has 0 amide bonds. The first kappa shape index (κ1) is 20.2. The van der Waals surface area contributed by atoms with E-state index in [1.54, 1.807) is 0 Å². The number of nitrogens with zero attached hydrogens (tertiary/aromatic N) is 2. The maximum Gasteiger partial charge on any atom is 0.231 e. The van der Waals surface area contributed by atoms with Crippen molar-refractivity contribution >= 4 is 0 Å². The molecule has 3 aromatic rings. The highest BCUT2D eigenvalue weighted by atomic mass is 16.7. The second-order valence-electron chi connectivity index (χ2n) is 7.42. The SMILES string of the molecule is CCOc1cc2c(cc1CN(Cc1ccc(CC)cc1)Cc1cccnc1)OCO2. The van der Waals surface area contributed by atoms with Gasteiger partial charge in [0.2, 0.25) is 6.79 Å². The van der Waals surface area contributed by atoms with Crippen molar-refractivity contribution in [3.8, 4) is 17.2 Å². The number of rotatable bonds is 9. The average Bonchev–Trinajstić information content (AvgIpc) is 3.22. The minimum Gasteiger partial charge on any atom is -0.493 e. The number of aryl methyl sites for hydroxylation is 1. The van der Waals surface area contributed by atoms with Crippen molar-refractivity contribution < 1.29 is 14.2 Å². The standard InChI is InChI=1S/C25H28N2O3/c1-3-19-7-9-20(10-8-19)15-27(16-21-6-5-11-26-14-21)17-22-12-24-25(30-18-29-24)13-23(22)28-4-2/h5-14H,3-4,15-18H2,1-2H3. The zero-order chi connectivity index (χ0) is 20.8. The molecule has 4 rings (SSSR count). The van der Waals surface area contributed by atoms with Crippen molar-refractivity contribution in [1.29, 1.82) is 0 Å². The van der Waals surface area contributed by atoms with Crippen LogP contribution in [0.5, 0.6) is 17.2 Å². The first-order valence-corrected chi connectivity index (χ1v) is 10.5. The van der Waals surface area contributed by atoms with E-state index in [2.05, 4.69) is 47.1 Å². The number of pyridine rings is 1. The van der Waals surface area contributed by atoms with Crippen LogP contribution in [0.2, 0.25) is 0 Å². The van der Waals surface area contributed by atoms with Crippen LogP contribution in [0.3, 0.4) is 0 Å². The van der Waals surface area contributed by atoms with Gasteiger partial charge in [-0.3, -0.25) is 9.88 Å². The Bertz CT molecular complexity index is 958. The van der Waals surface area contributed by atoms with Crippen molar-refractivity contribution in [2.45, 2.75) is 39.9 Å². The lowest BCUT2D eigenvalue weighted by Gasteiger charge is -2.24. The summed E-state index contributed by atoms with van der Waals surface area (Å²) in [5.74, 6) is 2.37. The van der Waals surface area contributed by atoms with Crippen LogP contribution in [0.15, 0.2) is 60.9 Å². The van der Waals surface area contributed by atoms with Crippen molar-refractivity contribution in [3.05, 3.63) is 83.2 Å². The minimum absolute atomic E-state index is 0.257. The molecule has 0 saturated heterocycles. The Morgan fingerprint density at radius 2 is 1.63 bits per heavy atom. The van der Waals surface area contributed by atoms with Crippen LogP contribution >= 0.6 is 0 Å². The summed E-state index contributed by atoms with van der Waals surface area (Å²) in [6.07, 6.45) is 4.78. The van der Waals surface area contributed by atoms with Crippen LogP contribution in [0.1, 0.15) is 36.1 Å². The van der Waals surface area contributed by atoms with Crippen LogP contribution in [0, 0.1) is 0 Å². The topological polar surface area (TPSA) is 43.8 Å². The molecule has 5 nitrogen and oxygen atoms in total. The molecule has 1 aromatic heterocycles. The molecule has 0 unspecified atom stereocenters. The van der Waals surface area contributed by atoms with Crippen molar-refractivity contribution in [1.82, 2.24) is 9.88 Å². The highest BCUT2D eigenvalue weighted by Crippen LogP contribution is 2.39. The van der Waals surface area contributed by atoms with Gasteiger partial charge in [0.05, 0.1) is 6.61 Å².